The lowest BCUT2D eigenvalue weighted by Crippen LogP contribution is -2.20. The smallest absolute Gasteiger partial charge is 0.336 e. The summed E-state index contributed by atoms with van der Waals surface area (Å²) >= 11 is 1.63. The molecule has 6 nitrogen and oxygen atoms in total. The van der Waals surface area contributed by atoms with Crippen molar-refractivity contribution in [3.05, 3.63) is 59.1 Å². The van der Waals surface area contributed by atoms with Gasteiger partial charge in [0.1, 0.15) is 11.3 Å². The quantitative estimate of drug-likeness (QED) is 0.539. The number of hydrogen-bond donors (Lipinski definition) is 1. The Balaban J connectivity index is 1.59. The van der Waals surface area contributed by atoms with Crippen LogP contribution in [0, 0.1) is 0 Å². The van der Waals surface area contributed by atoms with Crippen LogP contribution in [0.5, 0.6) is 5.75 Å². The Morgan fingerprint density at radius 2 is 2.08 bits per heavy atom. The van der Waals surface area contributed by atoms with E-state index < -0.39 is 5.63 Å². The Hall–Kier alpha value is -2.80. The number of carbonyl (C=O) groups is 1. The first-order valence-electron chi connectivity index (χ1n) is 7.69. The molecule has 128 valence electrons. The van der Waals surface area contributed by atoms with Gasteiger partial charge < -0.3 is 14.5 Å². The second-order valence-corrected chi connectivity index (χ2v) is 6.39. The van der Waals surface area contributed by atoms with Crippen molar-refractivity contribution in [3.8, 4) is 5.75 Å². The van der Waals surface area contributed by atoms with Gasteiger partial charge in [0, 0.05) is 17.5 Å². The molecule has 0 aliphatic rings. The zero-order chi connectivity index (χ0) is 17.6. The Bertz CT molecular complexity index is 938. The van der Waals surface area contributed by atoms with Crippen molar-refractivity contribution in [2.75, 3.05) is 17.7 Å². The van der Waals surface area contributed by atoms with Crippen molar-refractivity contribution in [3.63, 3.8) is 0 Å². The highest BCUT2D eigenvalue weighted by molar-refractivity contribution is 7.99. The molecule has 0 spiro atoms. The standard InChI is InChI=1S/C18H16N2O4S/c1-2-25-17-7-5-13(10-19-17)20-16(21)11-23-14-6-3-12-4-8-18(22)24-15(12)9-14/h3-10H,2,11H2,1H3,(H,20,21). The number of rotatable bonds is 6. The van der Waals surface area contributed by atoms with Gasteiger partial charge in [0.15, 0.2) is 6.61 Å². The molecule has 7 heteroatoms. The van der Waals surface area contributed by atoms with Gasteiger partial charge in [-0.2, -0.15) is 0 Å². The van der Waals surface area contributed by atoms with Gasteiger partial charge in [-0.05, 0) is 36.1 Å². The molecular weight excluding hydrogens is 340 g/mol. The minimum absolute atomic E-state index is 0.159. The lowest BCUT2D eigenvalue weighted by atomic mass is 10.2. The molecule has 2 aromatic heterocycles. The number of nitrogens with zero attached hydrogens (tertiary/aromatic N) is 1. The topological polar surface area (TPSA) is 81.4 Å². The van der Waals surface area contributed by atoms with Crippen molar-refractivity contribution >= 4 is 34.3 Å². The SMILES string of the molecule is CCSc1ccc(NC(=O)COc2ccc3ccc(=O)oc3c2)cn1. The molecule has 3 rings (SSSR count). The van der Waals surface area contributed by atoms with Gasteiger partial charge in [-0.15, -0.1) is 11.8 Å². The van der Waals surface area contributed by atoms with Crippen LogP contribution < -0.4 is 15.7 Å². The third-order valence-electron chi connectivity index (χ3n) is 3.28. The second kappa shape index (κ2) is 7.85. The maximum absolute atomic E-state index is 12.0. The molecule has 1 aromatic carbocycles. The Morgan fingerprint density at radius 3 is 2.84 bits per heavy atom. The maximum Gasteiger partial charge on any atom is 0.336 e. The summed E-state index contributed by atoms with van der Waals surface area (Å²) in [6.45, 7) is 1.89. The molecule has 0 radical (unpaired) electrons. The molecule has 25 heavy (non-hydrogen) atoms. The van der Waals surface area contributed by atoms with Gasteiger partial charge in [-0.3, -0.25) is 4.79 Å². The van der Waals surface area contributed by atoms with Gasteiger partial charge in [0.05, 0.1) is 16.9 Å². The lowest BCUT2D eigenvalue weighted by Gasteiger charge is -2.08. The van der Waals surface area contributed by atoms with Gasteiger partial charge in [0.25, 0.3) is 5.91 Å². The van der Waals surface area contributed by atoms with Crippen LogP contribution in [-0.2, 0) is 4.79 Å². The minimum Gasteiger partial charge on any atom is -0.484 e. The number of hydrogen-bond acceptors (Lipinski definition) is 6. The number of carbonyl (C=O) groups excluding carboxylic acids is 1. The van der Waals surface area contributed by atoms with E-state index in [2.05, 4.69) is 17.2 Å². The van der Waals surface area contributed by atoms with Crippen LogP contribution in [0.15, 0.2) is 62.9 Å². The van der Waals surface area contributed by atoms with Crippen LogP contribution in [0.3, 0.4) is 0 Å². The lowest BCUT2D eigenvalue weighted by molar-refractivity contribution is -0.118. The summed E-state index contributed by atoms with van der Waals surface area (Å²) in [6.07, 6.45) is 1.61. The fraction of sp³-hybridized carbons (Fsp3) is 0.167. The van der Waals surface area contributed by atoms with Crippen molar-refractivity contribution in [2.24, 2.45) is 0 Å². The van der Waals surface area contributed by atoms with E-state index >= 15 is 0 Å². The number of thioether (sulfide) groups is 1. The van der Waals surface area contributed by atoms with Crippen LogP contribution in [0.25, 0.3) is 11.0 Å². The summed E-state index contributed by atoms with van der Waals surface area (Å²) in [5.41, 5.74) is 0.594. The number of pyridine rings is 1. The average Bonchev–Trinajstić information content (AvgIpc) is 2.61. The van der Waals surface area contributed by atoms with Crippen LogP contribution >= 0.6 is 11.8 Å². The summed E-state index contributed by atoms with van der Waals surface area (Å²) in [6, 6.07) is 11.7. The van der Waals surface area contributed by atoms with Crippen LogP contribution in [0.2, 0.25) is 0 Å². The molecule has 0 saturated carbocycles. The second-order valence-electron chi connectivity index (χ2n) is 5.11. The molecule has 3 aromatic rings. The number of ether oxygens (including phenoxy) is 1. The number of amides is 1. The Kier molecular flexibility index (Phi) is 5.35. The third-order valence-corrected chi connectivity index (χ3v) is 4.10. The minimum atomic E-state index is -0.431. The van der Waals surface area contributed by atoms with Gasteiger partial charge in [-0.1, -0.05) is 6.92 Å². The summed E-state index contributed by atoms with van der Waals surface area (Å²) in [7, 11) is 0. The predicted molar refractivity (Wildman–Crippen MR) is 97.2 cm³/mol. The normalized spacial score (nSPS) is 10.6. The molecule has 0 fully saturated rings. The van der Waals surface area contributed by atoms with E-state index in [0.29, 0.717) is 17.0 Å². The highest BCUT2D eigenvalue weighted by Gasteiger charge is 2.06. The van der Waals surface area contributed by atoms with Crippen LogP contribution in [0.4, 0.5) is 5.69 Å². The molecule has 0 atom stereocenters. The first-order valence-corrected chi connectivity index (χ1v) is 8.68. The molecule has 0 aliphatic carbocycles. The number of benzene rings is 1. The summed E-state index contributed by atoms with van der Waals surface area (Å²) in [5.74, 6) is 1.09. The summed E-state index contributed by atoms with van der Waals surface area (Å²) in [4.78, 5) is 27.5. The molecule has 0 aliphatic heterocycles. The molecule has 0 unspecified atom stereocenters. The number of nitrogens with one attached hydrogen (secondary N) is 1. The molecule has 2 heterocycles. The molecule has 0 bridgehead atoms. The van der Waals surface area contributed by atoms with Crippen molar-refractivity contribution < 1.29 is 13.9 Å². The van der Waals surface area contributed by atoms with E-state index in [-0.39, 0.29) is 12.5 Å². The van der Waals surface area contributed by atoms with Crippen LogP contribution in [0.1, 0.15) is 6.92 Å². The van der Waals surface area contributed by atoms with E-state index in [4.69, 9.17) is 9.15 Å². The van der Waals surface area contributed by atoms with Crippen LogP contribution in [-0.4, -0.2) is 23.3 Å². The summed E-state index contributed by atoms with van der Waals surface area (Å²) in [5, 5.41) is 4.41. The van der Waals surface area contributed by atoms with E-state index in [1.54, 1.807) is 48.3 Å². The summed E-state index contributed by atoms with van der Waals surface area (Å²) < 4.78 is 10.5. The molecule has 1 N–H and O–H groups in total. The average molecular weight is 356 g/mol. The van der Waals surface area contributed by atoms with E-state index in [0.717, 1.165) is 16.2 Å². The first kappa shape index (κ1) is 17.0. The zero-order valence-electron chi connectivity index (χ0n) is 13.5. The van der Waals surface area contributed by atoms with Gasteiger partial charge in [-0.25, -0.2) is 9.78 Å². The molecule has 0 saturated heterocycles. The Labute approximate surface area is 148 Å². The largest absolute Gasteiger partial charge is 0.484 e. The number of aromatic nitrogens is 1. The Morgan fingerprint density at radius 1 is 1.24 bits per heavy atom. The highest BCUT2D eigenvalue weighted by atomic mass is 32.2. The van der Waals surface area contributed by atoms with Crippen molar-refractivity contribution in [1.29, 1.82) is 0 Å². The molecule has 1 amide bonds. The van der Waals surface area contributed by atoms with E-state index in [9.17, 15) is 9.59 Å². The highest BCUT2D eigenvalue weighted by Crippen LogP contribution is 2.20. The predicted octanol–water partition coefficient (Wildman–Crippen LogP) is 3.32. The fourth-order valence-corrected chi connectivity index (χ4v) is 2.75. The fourth-order valence-electron chi connectivity index (χ4n) is 2.16. The number of anilines is 1. The number of fused-ring (bicyclic) bond motifs is 1. The zero-order valence-corrected chi connectivity index (χ0v) is 14.3. The first-order chi connectivity index (χ1) is 12.1. The monoisotopic (exact) mass is 356 g/mol. The van der Waals surface area contributed by atoms with E-state index in [1.807, 2.05) is 6.07 Å². The van der Waals surface area contributed by atoms with Gasteiger partial charge in [0.2, 0.25) is 0 Å². The molecular formula is C18H16N2O4S. The third kappa shape index (κ3) is 4.60. The maximum atomic E-state index is 12.0. The van der Waals surface area contributed by atoms with Gasteiger partial charge >= 0.3 is 5.63 Å². The van der Waals surface area contributed by atoms with E-state index in [1.165, 1.54) is 6.07 Å². The van der Waals surface area contributed by atoms with Crippen molar-refractivity contribution in [1.82, 2.24) is 4.98 Å². The van der Waals surface area contributed by atoms with Crippen molar-refractivity contribution in [2.45, 2.75) is 11.9 Å².